The Kier molecular flexibility index (Phi) is 12.7. The van der Waals surface area contributed by atoms with E-state index >= 15 is 0 Å². The summed E-state index contributed by atoms with van der Waals surface area (Å²) in [6, 6.07) is 23.0. The van der Waals surface area contributed by atoms with Crippen molar-refractivity contribution < 1.29 is 47.7 Å². The number of hydrogen-bond acceptors (Lipinski definition) is 10. The molecule has 1 heterocycles. The SMILES string of the molecule is COc1ccc(CC(C)Oc2ccc(C3OC(c4ccc(O[C@H](C)[C@H](O)c5ccc(OC)c(OC)c5)c(OC)c4)[C@H](C)[C@H]3C)cc2OC)cc1OC. The zero-order chi connectivity index (χ0) is 37.5. The zero-order valence-corrected chi connectivity index (χ0v) is 31.8. The summed E-state index contributed by atoms with van der Waals surface area (Å²) >= 11 is 0. The van der Waals surface area contributed by atoms with Crippen LogP contribution < -0.4 is 37.9 Å². The van der Waals surface area contributed by atoms with Gasteiger partial charge in [0.15, 0.2) is 46.0 Å². The number of rotatable bonds is 16. The second-order valence-corrected chi connectivity index (χ2v) is 13.2. The first-order valence-corrected chi connectivity index (χ1v) is 17.5. The van der Waals surface area contributed by atoms with Crippen molar-refractivity contribution in [3.63, 3.8) is 0 Å². The van der Waals surface area contributed by atoms with Crippen molar-refractivity contribution in [2.24, 2.45) is 11.8 Å². The fraction of sp³-hybridized carbons (Fsp3) is 0.429. The van der Waals surface area contributed by atoms with E-state index in [9.17, 15) is 5.11 Å². The summed E-state index contributed by atoms with van der Waals surface area (Å²) in [7, 11) is 9.65. The van der Waals surface area contributed by atoms with Crippen molar-refractivity contribution in [3.05, 3.63) is 95.1 Å². The highest BCUT2D eigenvalue weighted by molar-refractivity contribution is 5.47. The van der Waals surface area contributed by atoms with Crippen LogP contribution in [0.2, 0.25) is 0 Å². The number of ether oxygens (including phenoxy) is 9. The molecule has 1 saturated heterocycles. The Balaban J connectivity index is 1.27. The standard InChI is InChI=1S/C42H52O10/c1-24(19-28-11-15-32(44-5)36(20-28)46-7)50-34-17-13-30(22-38(34)48-9)41-25(2)26(3)42(52-41)31-14-18-35(39(23-31)49-10)51-27(4)40(43)29-12-16-33(45-6)37(21-29)47-8/h11-18,20-27,40-43H,19H2,1-10H3/t24?,25-,26-,27-,40+,41?,42?/m1/s1. The van der Waals surface area contributed by atoms with Crippen LogP contribution in [0.5, 0.6) is 46.0 Å². The molecular formula is C42H52O10. The fourth-order valence-corrected chi connectivity index (χ4v) is 6.81. The Hall–Kier alpha value is -4.80. The molecule has 52 heavy (non-hydrogen) atoms. The molecule has 1 fully saturated rings. The third-order valence-electron chi connectivity index (χ3n) is 9.92. The second-order valence-electron chi connectivity index (χ2n) is 13.2. The second kappa shape index (κ2) is 17.1. The number of benzene rings is 4. The van der Waals surface area contributed by atoms with Crippen LogP contribution in [0.1, 0.15) is 68.3 Å². The minimum absolute atomic E-state index is 0.122. The van der Waals surface area contributed by atoms with Crippen LogP contribution >= 0.6 is 0 Å². The van der Waals surface area contributed by atoms with Gasteiger partial charge in [-0.15, -0.1) is 0 Å². The van der Waals surface area contributed by atoms with E-state index in [0.29, 0.717) is 58.0 Å². The molecule has 10 nitrogen and oxygen atoms in total. The molecule has 0 saturated carbocycles. The lowest BCUT2D eigenvalue weighted by molar-refractivity contribution is 0.0284. The topological polar surface area (TPSA) is 103 Å². The van der Waals surface area contributed by atoms with Crippen LogP contribution in [0.3, 0.4) is 0 Å². The largest absolute Gasteiger partial charge is 0.493 e. The zero-order valence-electron chi connectivity index (χ0n) is 31.8. The maximum Gasteiger partial charge on any atom is 0.161 e. The maximum absolute atomic E-state index is 11.1. The maximum atomic E-state index is 11.1. The molecule has 5 rings (SSSR count). The number of hydrogen-bond donors (Lipinski definition) is 1. The van der Waals surface area contributed by atoms with Crippen LogP contribution in [0, 0.1) is 11.8 Å². The third kappa shape index (κ3) is 8.29. The normalized spacial score (nSPS) is 20.0. The van der Waals surface area contributed by atoms with Crippen LogP contribution in [0.25, 0.3) is 0 Å². The molecule has 1 aliphatic rings. The monoisotopic (exact) mass is 716 g/mol. The molecule has 0 bridgehead atoms. The van der Waals surface area contributed by atoms with Crippen molar-refractivity contribution in [1.29, 1.82) is 0 Å². The van der Waals surface area contributed by atoms with Crippen molar-refractivity contribution >= 4 is 0 Å². The Bertz CT molecular complexity index is 1790. The molecule has 0 radical (unpaired) electrons. The lowest BCUT2D eigenvalue weighted by Gasteiger charge is -2.24. The van der Waals surface area contributed by atoms with E-state index in [0.717, 1.165) is 16.7 Å². The smallest absolute Gasteiger partial charge is 0.161 e. The van der Waals surface area contributed by atoms with Gasteiger partial charge in [0, 0.05) is 6.42 Å². The predicted octanol–water partition coefficient (Wildman–Crippen LogP) is 8.33. The first-order chi connectivity index (χ1) is 25.0. The van der Waals surface area contributed by atoms with Gasteiger partial charge in [-0.25, -0.2) is 0 Å². The van der Waals surface area contributed by atoms with Crippen molar-refractivity contribution in [2.75, 3.05) is 42.7 Å². The fourth-order valence-electron chi connectivity index (χ4n) is 6.81. The lowest BCUT2D eigenvalue weighted by atomic mass is 9.85. The minimum Gasteiger partial charge on any atom is -0.493 e. The summed E-state index contributed by atoms with van der Waals surface area (Å²) in [4.78, 5) is 0. The average Bonchev–Trinajstić information content (AvgIpc) is 3.47. The molecule has 1 N–H and O–H groups in total. The van der Waals surface area contributed by atoms with Gasteiger partial charge >= 0.3 is 0 Å². The van der Waals surface area contributed by atoms with E-state index in [1.54, 1.807) is 60.9 Å². The van der Waals surface area contributed by atoms with E-state index in [4.69, 9.17) is 42.6 Å². The minimum atomic E-state index is -0.918. The van der Waals surface area contributed by atoms with Crippen LogP contribution in [-0.4, -0.2) is 60.0 Å². The quantitative estimate of drug-likeness (QED) is 0.122. The summed E-state index contributed by atoms with van der Waals surface area (Å²) in [5, 5.41) is 11.1. The Morgan fingerprint density at radius 3 is 1.50 bits per heavy atom. The Labute approximate surface area is 307 Å². The predicted molar refractivity (Wildman–Crippen MR) is 199 cm³/mol. The summed E-state index contributed by atoms with van der Waals surface area (Å²) in [6.45, 7) is 8.26. The highest BCUT2D eigenvalue weighted by atomic mass is 16.5. The van der Waals surface area contributed by atoms with Gasteiger partial charge in [-0.3, -0.25) is 0 Å². The molecule has 4 aromatic rings. The van der Waals surface area contributed by atoms with Gasteiger partial charge in [0.1, 0.15) is 18.3 Å². The van der Waals surface area contributed by atoms with Gasteiger partial charge < -0.3 is 47.7 Å². The van der Waals surface area contributed by atoms with Gasteiger partial charge in [0.2, 0.25) is 0 Å². The van der Waals surface area contributed by atoms with Crippen LogP contribution in [0.4, 0.5) is 0 Å². The molecule has 0 aliphatic carbocycles. The average molecular weight is 717 g/mol. The molecule has 1 aliphatic heterocycles. The van der Waals surface area contributed by atoms with Gasteiger partial charge in [-0.1, -0.05) is 38.1 Å². The van der Waals surface area contributed by atoms with Crippen LogP contribution in [0.15, 0.2) is 72.8 Å². The van der Waals surface area contributed by atoms with E-state index < -0.39 is 12.2 Å². The first-order valence-electron chi connectivity index (χ1n) is 17.5. The highest BCUT2D eigenvalue weighted by Crippen LogP contribution is 2.51. The van der Waals surface area contributed by atoms with Crippen molar-refractivity contribution in [2.45, 2.75) is 64.6 Å². The van der Waals surface area contributed by atoms with Crippen molar-refractivity contribution in [1.82, 2.24) is 0 Å². The summed E-state index contributed by atoms with van der Waals surface area (Å²) in [5.74, 6) is 5.31. The molecule has 3 unspecified atom stereocenters. The lowest BCUT2D eigenvalue weighted by Crippen LogP contribution is -2.22. The number of aliphatic hydroxyl groups excluding tert-OH is 1. The Morgan fingerprint density at radius 1 is 0.538 bits per heavy atom. The summed E-state index contributed by atoms with van der Waals surface area (Å²) in [6.07, 6.45) is -1.29. The van der Waals surface area contributed by atoms with Crippen LogP contribution in [-0.2, 0) is 11.2 Å². The van der Waals surface area contributed by atoms with E-state index in [1.807, 2.05) is 62.4 Å². The number of aliphatic hydroxyl groups is 1. The molecule has 10 heteroatoms. The van der Waals surface area contributed by atoms with E-state index in [-0.39, 0.29) is 30.1 Å². The summed E-state index contributed by atoms with van der Waals surface area (Å²) in [5.41, 5.74) is 3.72. The molecular weight excluding hydrogens is 664 g/mol. The molecule has 280 valence electrons. The van der Waals surface area contributed by atoms with E-state index in [1.165, 1.54) is 0 Å². The molecule has 0 amide bonds. The highest BCUT2D eigenvalue weighted by Gasteiger charge is 2.41. The van der Waals surface area contributed by atoms with Gasteiger partial charge in [-0.2, -0.15) is 0 Å². The van der Waals surface area contributed by atoms with Gasteiger partial charge in [0.25, 0.3) is 0 Å². The Morgan fingerprint density at radius 2 is 0.981 bits per heavy atom. The van der Waals surface area contributed by atoms with Gasteiger partial charge in [-0.05, 0) is 96.5 Å². The van der Waals surface area contributed by atoms with Gasteiger partial charge in [0.05, 0.1) is 54.9 Å². The third-order valence-corrected chi connectivity index (χ3v) is 9.92. The number of methoxy groups -OCH3 is 6. The van der Waals surface area contributed by atoms with Crippen molar-refractivity contribution in [3.8, 4) is 46.0 Å². The molecule has 0 aromatic heterocycles. The molecule has 7 atom stereocenters. The summed E-state index contributed by atoms with van der Waals surface area (Å²) < 4.78 is 52.5. The molecule has 4 aromatic carbocycles. The first kappa shape index (κ1) is 38.4. The van der Waals surface area contributed by atoms with E-state index in [2.05, 4.69) is 19.9 Å². The molecule has 0 spiro atoms.